The van der Waals surface area contributed by atoms with E-state index in [0.717, 1.165) is 12.5 Å². The molecule has 1 aliphatic heterocycles. The van der Waals surface area contributed by atoms with Crippen molar-refractivity contribution in [3.8, 4) is 0 Å². The summed E-state index contributed by atoms with van der Waals surface area (Å²) in [6, 6.07) is 0. The maximum atomic E-state index is 5.39. The minimum absolute atomic E-state index is 0.506. The summed E-state index contributed by atoms with van der Waals surface area (Å²) in [6.07, 6.45) is 7.42. The fourth-order valence-corrected chi connectivity index (χ4v) is 1.86. The molecule has 0 saturated heterocycles. The van der Waals surface area contributed by atoms with E-state index in [9.17, 15) is 0 Å². The van der Waals surface area contributed by atoms with Crippen LogP contribution in [-0.2, 0) is 4.74 Å². The zero-order valence-corrected chi connectivity index (χ0v) is 6.12. The molecule has 56 valence electrons. The smallest absolute Gasteiger partial charge is 0.169 e. The molecule has 0 amide bonds. The summed E-state index contributed by atoms with van der Waals surface area (Å²) in [7, 11) is 0. The maximum Gasteiger partial charge on any atom is 0.169 e. The van der Waals surface area contributed by atoms with E-state index in [-0.39, 0.29) is 0 Å². The fraction of sp³-hybridized carbons (Fsp3) is 0.875. The molecule has 1 heterocycles. The summed E-state index contributed by atoms with van der Waals surface area (Å²) in [6.45, 7) is 1.00. The SMILES string of the molecule is C1=NCC2CCCCC2O1. The topological polar surface area (TPSA) is 21.6 Å². The second-order valence-corrected chi connectivity index (χ2v) is 3.19. The van der Waals surface area contributed by atoms with Crippen LogP contribution in [0, 0.1) is 5.92 Å². The fourth-order valence-electron chi connectivity index (χ4n) is 1.86. The Morgan fingerprint density at radius 2 is 2.20 bits per heavy atom. The lowest BCUT2D eigenvalue weighted by Gasteiger charge is -2.31. The van der Waals surface area contributed by atoms with E-state index >= 15 is 0 Å². The normalized spacial score (nSPS) is 38.4. The van der Waals surface area contributed by atoms with Crippen molar-refractivity contribution < 1.29 is 4.74 Å². The Hall–Kier alpha value is -0.530. The molecule has 2 aliphatic rings. The van der Waals surface area contributed by atoms with Gasteiger partial charge >= 0.3 is 0 Å². The summed E-state index contributed by atoms with van der Waals surface area (Å²) in [5.41, 5.74) is 0. The highest BCUT2D eigenvalue weighted by atomic mass is 16.5. The Labute approximate surface area is 61.3 Å². The minimum atomic E-state index is 0.506. The summed E-state index contributed by atoms with van der Waals surface area (Å²) in [5, 5.41) is 0. The van der Waals surface area contributed by atoms with Gasteiger partial charge in [0.2, 0.25) is 0 Å². The molecule has 2 heteroatoms. The van der Waals surface area contributed by atoms with Gasteiger partial charge in [-0.1, -0.05) is 6.42 Å². The van der Waals surface area contributed by atoms with Crippen LogP contribution in [0.5, 0.6) is 0 Å². The zero-order valence-electron chi connectivity index (χ0n) is 6.12. The quantitative estimate of drug-likeness (QED) is 0.499. The largest absolute Gasteiger partial charge is 0.480 e. The predicted molar refractivity (Wildman–Crippen MR) is 40.2 cm³/mol. The van der Waals surface area contributed by atoms with Crippen LogP contribution in [0.15, 0.2) is 4.99 Å². The summed E-state index contributed by atoms with van der Waals surface area (Å²) in [5.74, 6) is 0.735. The Morgan fingerprint density at radius 3 is 3.10 bits per heavy atom. The summed E-state index contributed by atoms with van der Waals surface area (Å²) < 4.78 is 5.39. The first-order valence-corrected chi connectivity index (χ1v) is 4.10. The van der Waals surface area contributed by atoms with Crippen LogP contribution >= 0.6 is 0 Å². The molecule has 0 bridgehead atoms. The number of nitrogens with zero attached hydrogens (tertiary/aromatic N) is 1. The zero-order chi connectivity index (χ0) is 6.81. The number of fused-ring (bicyclic) bond motifs is 1. The third kappa shape index (κ3) is 1.02. The molecule has 2 atom stereocenters. The van der Waals surface area contributed by atoms with E-state index in [2.05, 4.69) is 4.99 Å². The second-order valence-electron chi connectivity index (χ2n) is 3.19. The van der Waals surface area contributed by atoms with E-state index in [4.69, 9.17) is 4.74 Å². The third-order valence-electron chi connectivity index (χ3n) is 2.49. The van der Waals surface area contributed by atoms with Gasteiger partial charge in [-0.2, -0.15) is 0 Å². The van der Waals surface area contributed by atoms with Crippen LogP contribution in [0.1, 0.15) is 25.7 Å². The van der Waals surface area contributed by atoms with E-state index < -0.39 is 0 Å². The van der Waals surface area contributed by atoms with Crippen molar-refractivity contribution in [1.29, 1.82) is 0 Å². The third-order valence-corrected chi connectivity index (χ3v) is 2.49. The number of aliphatic imine (C=N–C) groups is 1. The van der Waals surface area contributed by atoms with Crippen LogP contribution in [0.25, 0.3) is 0 Å². The Morgan fingerprint density at radius 1 is 1.30 bits per heavy atom. The predicted octanol–water partition coefficient (Wildman–Crippen LogP) is 1.60. The van der Waals surface area contributed by atoms with E-state index in [0.29, 0.717) is 6.10 Å². The number of hydrogen-bond donors (Lipinski definition) is 0. The first-order valence-electron chi connectivity index (χ1n) is 4.10. The van der Waals surface area contributed by atoms with Gasteiger partial charge in [-0.05, 0) is 19.3 Å². The summed E-state index contributed by atoms with van der Waals surface area (Å²) in [4.78, 5) is 4.11. The van der Waals surface area contributed by atoms with Gasteiger partial charge in [-0.3, -0.25) is 4.99 Å². The molecule has 0 aromatic rings. The van der Waals surface area contributed by atoms with Crippen molar-refractivity contribution in [2.75, 3.05) is 6.54 Å². The molecular formula is C8H13NO. The number of rotatable bonds is 0. The van der Waals surface area contributed by atoms with Gasteiger partial charge in [0.1, 0.15) is 6.10 Å². The van der Waals surface area contributed by atoms with Gasteiger partial charge in [0.05, 0.1) is 0 Å². The van der Waals surface area contributed by atoms with Gasteiger partial charge < -0.3 is 4.74 Å². The van der Waals surface area contributed by atoms with Gasteiger partial charge in [0.25, 0.3) is 0 Å². The molecule has 2 unspecified atom stereocenters. The van der Waals surface area contributed by atoms with E-state index in [1.807, 2.05) is 0 Å². The van der Waals surface area contributed by atoms with Crippen molar-refractivity contribution in [1.82, 2.24) is 0 Å². The molecule has 2 rings (SSSR count). The first kappa shape index (κ1) is 6.20. The minimum Gasteiger partial charge on any atom is -0.480 e. The molecule has 10 heavy (non-hydrogen) atoms. The van der Waals surface area contributed by atoms with Gasteiger partial charge in [-0.15, -0.1) is 0 Å². The van der Waals surface area contributed by atoms with Gasteiger partial charge in [-0.25, -0.2) is 0 Å². The molecule has 1 fully saturated rings. The molecule has 0 spiro atoms. The van der Waals surface area contributed by atoms with Crippen molar-refractivity contribution in [2.24, 2.45) is 10.9 Å². The van der Waals surface area contributed by atoms with Crippen LogP contribution < -0.4 is 0 Å². The average molecular weight is 139 g/mol. The maximum absolute atomic E-state index is 5.39. The summed E-state index contributed by atoms with van der Waals surface area (Å²) >= 11 is 0. The van der Waals surface area contributed by atoms with Crippen molar-refractivity contribution in [3.05, 3.63) is 0 Å². The standard InChI is InChI=1S/C8H13NO/c1-2-4-8-7(3-1)5-9-6-10-8/h6-8H,1-5H2. The van der Waals surface area contributed by atoms with Crippen LogP contribution in [0.4, 0.5) is 0 Å². The number of ether oxygens (including phenoxy) is 1. The van der Waals surface area contributed by atoms with Crippen molar-refractivity contribution in [2.45, 2.75) is 31.8 Å². The molecule has 0 aromatic carbocycles. The molecule has 1 saturated carbocycles. The lowest BCUT2D eigenvalue weighted by atomic mass is 9.86. The number of hydrogen-bond acceptors (Lipinski definition) is 2. The lowest BCUT2D eigenvalue weighted by Crippen LogP contribution is -2.32. The van der Waals surface area contributed by atoms with Crippen LogP contribution in [0.2, 0.25) is 0 Å². The first-order chi connectivity index (χ1) is 4.97. The monoisotopic (exact) mass is 139 g/mol. The molecule has 0 N–H and O–H groups in total. The average Bonchev–Trinajstić information content (AvgIpc) is 2.05. The highest BCUT2D eigenvalue weighted by Gasteiger charge is 2.27. The molecular weight excluding hydrogens is 126 g/mol. The lowest BCUT2D eigenvalue weighted by molar-refractivity contribution is 0.0801. The highest BCUT2D eigenvalue weighted by molar-refractivity contribution is 5.47. The molecule has 0 aromatic heterocycles. The van der Waals surface area contributed by atoms with Crippen molar-refractivity contribution >= 4 is 6.40 Å². The molecule has 0 radical (unpaired) electrons. The van der Waals surface area contributed by atoms with E-state index in [1.165, 1.54) is 25.7 Å². The molecule has 1 aliphatic carbocycles. The second kappa shape index (κ2) is 2.60. The Balaban J connectivity index is 2.01. The highest BCUT2D eigenvalue weighted by Crippen LogP contribution is 2.28. The van der Waals surface area contributed by atoms with Gasteiger partial charge in [0, 0.05) is 12.5 Å². The Bertz CT molecular complexity index is 128. The van der Waals surface area contributed by atoms with Crippen LogP contribution in [0.3, 0.4) is 0 Å². The van der Waals surface area contributed by atoms with Crippen molar-refractivity contribution in [3.63, 3.8) is 0 Å². The van der Waals surface area contributed by atoms with Gasteiger partial charge in [0.15, 0.2) is 6.40 Å². The molecule has 2 nitrogen and oxygen atoms in total. The Kier molecular flexibility index (Phi) is 1.61. The van der Waals surface area contributed by atoms with E-state index in [1.54, 1.807) is 6.40 Å². The van der Waals surface area contributed by atoms with Crippen LogP contribution in [-0.4, -0.2) is 19.0 Å².